The van der Waals surface area contributed by atoms with Gasteiger partial charge in [-0.1, -0.05) is 6.92 Å². The first kappa shape index (κ1) is 13.1. The highest BCUT2D eigenvalue weighted by molar-refractivity contribution is 6.00. The van der Waals surface area contributed by atoms with Crippen LogP contribution in [0.4, 0.5) is 0 Å². The molecule has 0 aromatic heterocycles. The second-order valence-corrected chi connectivity index (χ2v) is 5.24. The third-order valence-electron chi connectivity index (χ3n) is 3.86. The van der Waals surface area contributed by atoms with Crippen LogP contribution in [0.25, 0.3) is 0 Å². The highest BCUT2D eigenvalue weighted by Crippen LogP contribution is 2.27. The van der Waals surface area contributed by atoms with E-state index in [0.717, 1.165) is 35.5 Å². The molecule has 0 radical (unpaired) electrons. The van der Waals surface area contributed by atoms with E-state index in [-0.39, 0.29) is 11.7 Å². The Morgan fingerprint density at radius 2 is 2.00 bits per heavy atom. The second kappa shape index (κ2) is 5.11. The van der Waals surface area contributed by atoms with Crippen LogP contribution >= 0.6 is 0 Å². The number of hydrogen-bond acceptors (Lipinski definition) is 3. The van der Waals surface area contributed by atoms with Crippen molar-refractivity contribution in [3.8, 4) is 5.75 Å². The van der Waals surface area contributed by atoms with Gasteiger partial charge in [0.05, 0.1) is 7.11 Å². The number of aryl methyl sites for hydroxylation is 2. The highest BCUT2D eigenvalue weighted by atomic mass is 16.5. The number of ketones is 1. The molecule has 3 heteroatoms. The number of methoxy groups -OCH3 is 1. The zero-order valence-electron chi connectivity index (χ0n) is 11.5. The number of ether oxygens (including phenoxy) is 1. The average Bonchev–Trinajstić information content (AvgIpc) is 2.77. The van der Waals surface area contributed by atoms with Crippen LogP contribution in [0.15, 0.2) is 12.1 Å². The van der Waals surface area contributed by atoms with Gasteiger partial charge in [0.2, 0.25) is 0 Å². The molecule has 0 amide bonds. The van der Waals surface area contributed by atoms with E-state index in [9.17, 15) is 4.79 Å². The van der Waals surface area contributed by atoms with Crippen molar-refractivity contribution in [2.45, 2.75) is 20.8 Å². The Morgan fingerprint density at radius 3 is 2.56 bits per heavy atom. The van der Waals surface area contributed by atoms with Crippen LogP contribution in [0.5, 0.6) is 5.75 Å². The zero-order valence-corrected chi connectivity index (χ0v) is 11.5. The van der Waals surface area contributed by atoms with E-state index in [4.69, 9.17) is 4.74 Å². The van der Waals surface area contributed by atoms with Gasteiger partial charge >= 0.3 is 0 Å². The van der Waals surface area contributed by atoms with E-state index in [1.165, 1.54) is 0 Å². The first-order valence-electron chi connectivity index (χ1n) is 6.44. The van der Waals surface area contributed by atoms with Crippen LogP contribution in [0.3, 0.4) is 0 Å². The van der Waals surface area contributed by atoms with Gasteiger partial charge in [0.15, 0.2) is 5.78 Å². The summed E-state index contributed by atoms with van der Waals surface area (Å²) in [4.78, 5) is 12.5. The monoisotopic (exact) mass is 247 g/mol. The van der Waals surface area contributed by atoms with E-state index >= 15 is 0 Å². The molecule has 0 saturated carbocycles. The van der Waals surface area contributed by atoms with Gasteiger partial charge in [0.1, 0.15) is 5.75 Å². The summed E-state index contributed by atoms with van der Waals surface area (Å²) >= 11 is 0. The van der Waals surface area contributed by atoms with Crippen molar-refractivity contribution in [2.24, 2.45) is 11.8 Å². The van der Waals surface area contributed by atoms with Crippen molar-refractivity contribution >= 4 is 5.78 Å². The molecule has 1 fully saturated rings. The van der Waals surface area contributed by atoms with Gasteiger partial charge in [-0.2, -0.15) is 0 Å². The third-order valence-corrected chi connectivity index (χ3v) is 3.86. The van der Waals surface area contributed by atoms with Crippen molar-refractivity contribution in [3.05, 3.63) is 28.8 Å². The minimum atomic E-state index is 0.108. The molecule has 1 N–H and O–H groups in total. The van der Waals surface area contributed by atoms with Crippen LogP contribution in [0, 0.1) is 25.7 Å². The lowest BCUT2D eigenvalue weighted by molar-refractivity contribution is 0.0907. The quantitative estimate of drug-likeness (QED) is 0.833. The van der Waals surface area contributed by atoms with Crippen LogP contribution in [0.2, 0.25) is 0 Å². The van der Waals surface area contributed by atoms with Gasteiger partial charge in [0.25, 0.3) is 0 Å². The van der Waals surface area contributed by atoms with Gasteiger partial charge in [-0.05, 0) is 49.6 Å². The normalized spacial score (nSPS) is 23.1. The summed E-state index contributed by atoms with van der Waals surface area (Å²) < 4.78 is 5.28. The fourth-order valence-corrected chi connectivity index (χ4v) is 2.64. The minimum Gasteiger partial charge on any atom is -0.496 e. The lowest BCUT2D eigenvalue weighted by Crippen LogP contribution is -2.22. The first-order chi connectivity index (χ1) is 8.54. The van der Waals surface area contributed by atoms with E-state index in [2.05, 4.69) is 12.2 Å². The molecule has 0 aliphatic carbocycles. The summed E-state index contributed by atoms with van der Waals surface area (Å²) in [6.45, 7) is 7.82. The Bertz CT molecular complexity index is 468. The first-order valence-corrected chi connectivity index (χ1v) is 6.44. The molecule has 1 aromatic rings. The number of rotatable bonds is 3. The molecule has 1 aliphatic rings. The number of Topliss-reactive ketones (excluding diaryl/α,β-unsaturated/α-hetero) is 1. The van der Waals surface area contributed by atoms with Crippen molar-refractivity contribution in [1.29, 1.82) is 0 Å². The van der Waals surface area contributed by atoms with E-state index in [1.807, 2.05) is 26.0 Å². The summed E-state index contributed by atoms with van der Waals surface area (Å²) in [5.74, 6) is 1.63. The molecule has 2 unspecified atom stereocenters. The standard InChI is InChI=1S/C15H21NO2/c1-9-6-14(18-4)10(2)5-12(9)15(17)13-8-16-7-11(13)3/h5-6,11,13,16H,7-8H2,1-4H3. The molecular formula is C15H21NO2. The summed E-state index contributed by atoms with van der Waals surface area (Å²) in [6.07, 6.45) is 0. The smallest absolute Gasteiger partial charge is 0.167 e. The van der Waals surface area contributed by atoms with Crippen LogP contribution in [-0.2, 0) is 0 Å². The molecule has 98 valence electrons. The number of hydrogen-bond donors (Lipinski definition) is 1. The number of carbonyl (C=O) groups excluding carboxylic acids is 1. The molecule has 1 aromatic carbocycles. The molecule has 2 atom stereocenters. The van der Waals surface area contributed by atoms with Crippen molar-refractivity contribution in [2.75, 3.05) is 20.2 Å². The van der Waals surface area contributed by atoms with E-state index in [1.54, 1.807) is 7.11 Å². The summed E-state index contributed by atoms with van der Waals surface area (Å²) in [5.41, 5.74) is 2.86. The minimum absolute atomic E-state index is 0.108. The van der Waals surface area contributed by atoms with Crippen LogP contribution < -0.4 is 10.1 Å². The maximum Gasteiger partial charge on any atom is 0.167 e. The van der Waals surface area contributed by atoms with Gasteiger partial charge in [-0.15, -0.1) is 0 Å². The third kappa shape index (κ3) is 2.27. The maximum atomic E-state index is 12.5. The van der Waals surface area contributed by atoms with Crippen LogP contribution in [0.1, 0.15) is 28.4 Å². The van der Waals surface area contributed by atoms with E-state index in [0.29, 0.717) is 5.92 Å². The molecule has 1 saturated heterocycles. The van der Waals surface area contributed by atoms with Gasteiger partial charge in [-0.25, -0.2) is 0 Å². The zero-order chi connectivity index (χ0) is 13.3. The largest absolute Gasteiger partial charge is 0.496 e. The van der Waals surface area contributed by atoms with Gasteiger partial charge in [-0.3, -0.25) is 4.79 Å². The number of benzene rings is 1. The Balaban J connectivity index is 2.33. The Morgan fingerprint density at radius 1 is 1.28 bits per heavy atom. The SMILES string of the molecule is COc1cc(C)c(C(=O)C2CNCC2C)cc1C. The van der Waals surface area contributed by atoms with Crippen LogP contribution in [-0.4, -0.2) is 26.0 Å². The average molecular weight is 247 g/mol. The summed E-state index contributed by atoms with van der Waals surface area (Å²) in [5, 5.41) is 3.28. The highest BCUT2D eigenvalue weighted by Gasteiger charge is 2.31. The maximum absolute atomic E-state index is 12.5. The fourth-order valence-electron chi connectivity index (χ4n) is 2.64. The number of nitrogens with one attached hydrogen (secondary N) is 1. The topological polar surface area (TPSA) is 38.3 Å². The van der Waals surface area contributed by atoms with Crippen molar-refractivity contribution < 1.29 is 9.53 Å². The molecule has 3 nitrogen and oxygen atoms in total. The predicted octanol–water partition coefficient (Wildman–Crippen LogP) is 2.35. The predicted molar refractivity (Wildman–Crippen MR) is 72.3 cm³/mol. The molecule has 1 aliphatic heterocycles. The van der Waals surface area contributed by atoms with Gasteiger partial charge in [0, 0.05) is 18.0 Å². The lowest BCUT2D eigenvalue weighted by Gasteiger charge is -2.16. The lowest BCUT2D eigenvalue weighted by atomic mass is 9.87. The molecule has 0 spiro atoms. The number of carbonyl (C=O) groups is 1. The Labute approximate surface area is 109 Å². The molecule has 18 heavy (non-hydrogen) atoms. The molecular weight excluding hydrogens is 226 g/mol. The molecule has 2 rings (SSSR count). The Kier molecular flexibility index (Phi) is 3.71. The molecule has 0 bridgehead atoms. The Hall–Kier alpha value is -1.35. The molecule has 1 heterocycles. The van der Waals surface area contributed by atoms with E-state index < -0.39 is 0 Å². The second-order valence-electron chi connectivity index (χ2n) is 5.24. The fraction of sp³-hybridized carbons (Fsp3) is 0.533. The van der Waals surface area contributed by atoms with Gasteiger partial charge < -0.3 is 10.1 Å². The van der Waals surface area contributed by atoms with Crippen molar-refractivity contribution in [3.63, 3.8) is 0 Å². The van der Waals surface area contributed by atoms with Crippen molar-refractivity contribution in [1.82, 2.24) is 5.32 Å². The summed E-state index contributed by atoms with van der Waals surface area (Å²) in [7, 11) is 1.66. The summed E-state index contributed by atoms with van der Waals surface area (Å²) in [6, 6.07) is 3.91.